The van der Waals surface area contributed by atoms with Crippen molar-refractivity contribution in [2.75, 3.05) is 5.32 Å². The van der Waals surface area contributed by atoms with Gasteiger partial charge in [-0.05, 0) is 48.4 Å². The maximum atomic E-state index is 13.3. The van der Waals surface area contributed by atoms with Crippen LogP contribution < -0.4 is 10.6 Å². The lowest BCUT2D eigenvalue weighted by Crippen LogP contribution is -2.24. The zero-order valence-electron chi connectivity index (χ0n) is 13.8. The molecule has 0 radical (unpaired) electrons. The van der Waals surface area contributed by atoms with Gasteiger partial charge in [0.25, 0.3) is 5.91 Å². The third kappa shape index (κ3) is 4.41. The molecule has 4 nitrogen and oxygen atoms in total. The minimum atomic E-state index is -0.324. The summed E-state index contributed by atoms with van der Waals surface area (Å²) in [6, 6.07) is 17.4. The second-order valence-corrected chi connectivity index (χ2v) is 5.67. The van der Waals surface area contributed by atoms with Gasteiger partial charge in [-0.2, -0.15) is 0 Å². The van der Waals surface area contributed by atoms with Crippen LogP contribution >= 0.6 is 0 Å². The first kappa shape index (κ1) is 16.6. The van der Waals surface area contributed by atoms with E-state index in [1.54, 1.807) is 30.5 Å². The zero-order valence-corrected chi connectivity index (χ0v) is 13.8. The summed E-state index contributed by atoms with van der Waals surface area (Å²) in [5.41, 5.74) is 3.76. The SMILES string of the molecule is Cc1ccccc1CNC(=O)c1cc(Nc2cccc(F)c2)ccn1. The number of anilines is 2. The van der Waals surface area contributed by atoms with E-state index < -0.39 is 0 Å². The van der Waals surface area contributed by atoms with Gasteiger partial charge in [-0.25, -0.2) is 4.39 Å². The number of aryl methyl sites for hydroxylation is 1. The molecule has 0 aliphatic rings. The van der Waals surface area contributed by atoms with E-state index in [1.807, 2.05) is 31.2 Å². The fourth-order valence-corrected chi connectivity index (χ4v) is 2.44. The van der Waals surface area contributed by atoms with E-state index in [2.05, 4.69) is 15.6 Å². The van der Waals surface area contributed by atoms with E-state index in [0.717, 1.165) is 11.1 Å². The summed E-state index contributed by atoms with van der Waals surface area (Å²) < 4.78 is 13.3. The third-order valence-corrected chi connectivity index (χ3v) is 3.81. The number of hydrogen-bond donors (Lipinski definition) is 2. The lowest BCUT2D eigenvalue weighted by Gasteiger charge is -2.10. The first-order chi connectivity index (χ1) is 12.1. The Morgan fingerprint density at radius 2 is 1.84 bits per heavy atom. The maximum Gasteiger partial charge on any atom is 0.270 e. The molecule has 0 aliphatic carbocycles. The summed E-state index contributed by atoms with van der Waals surface area (Å²) in [6.45, 7) is 2.44. The molecule has 0 saturated carbocycles. The van der Waals surface area contributed by atoms with Gasteiger partial charge in [0.1, 0.15) is 11.5 Å². The number of rotatable bonds is 5. The molecule has 1 heterocycles. The first-order valence-electron chi connectivity index (χ1n) is 7.93. The number of amides is 1. The summed E-state index contributed by atoms with van der Waals surface area (Å²) in [5.74, 6) is -0.582. The molecule has 3 aromatic rings. The Bertz CT molecular complexity index is 895. The Hall–Kier alpha value is -3.21. The second kappa shape index (κ2) is 7.57. The second-order valence-electron chi connectivity index (χ2n) is 5.67. The minimum Gasteiger partial charge on any atom is -0.355 e. The summed E-state index contributed by atoms with van der Waals surface area (Å²) >= 11 is 0. The van der Waals surface area contributed by atoms with E-state index in [4.69, 9.17) is 0 Å². The minimum absolute atomic E-state index is 0.258. The Kier molecular flexibility index (Phi) is 5.04. The summed E-state index contributed by atoms with van der Waals surface area (Å²) in [4.78, 5) is 16.4. The van der Waals surface area contributed by atoms with Gasteiger partial charge in [-0.1, -0.05) is 30.3 Å². The molecule has 0 fully saturated rings. The molecular formula is C20H18FN3O. The van der Waals surface area contributed by atoms with Gasteiger partial charge in [0.15, 0.2) is 0 Å². The van der Waals surface area contributed by atoms with Gasteiger partial charge in [-0.15, -0.1) is 0 Å². The van der Waals surface area contributed by atoms with Gasteiger partial charge >= 0.3 is 0 Å². The largest absolute Gasteiger partial charge is 0.355 e. The normalized spacial score (nSPS) is 10.3. The highest BCUT2D eigenvalue weighted by molar-refractivity contribution is 5.93. The number of carbonyl (C=O) groups is 1. The number of hydrogen-bond acceptors (Lipinski definition) is 3. The summed E-state index contributed by atoms with van der Waals surface area (Å²) in [6.07, 6.45) is 1.55. The van der Waals surface area contributed by atoms with Crippen molar-refractivity contribution in [2.24, 2.45) is 0 Å². The quantitative estimate of drug-likeness (QED) is 0.735. The third-order valence-electron chi connectivity index (χ3n) is 3.81. The fourth-order valence-electron chi connectivity index (χ4n) is 2.44. The highest BCUT2D eigenvalue weighted by Gasteiger charge is 2.09. The Balaban J connectivity index is 1.68. The zero-order chi connectivity index (χ0) is 17.6. The summed E-state index contributed by atoms with van der Waals surface area (Å²) in [7, 11) is 0. The van der Waals surface area contributed by atoms with Crippen LogP contribution in [0, 0.1) is 12.7 Å². The number of halogens is 1. The van der Waals surface area contributed by atoms with Crippen LogP contribution in [-0.2, 0) is 6.54 Å². The predicted octanol–water partition coefficient (Wildman–Crippen LogP) is 4.20. The predicted molar refractivity (Wildman–Crippen MR) is 96.3 cm³/mol. The molecule has 2 N–H and O–H groups in total. The van der Waals surface area contributed by atoms with Gasteiger partial charge in [0.05, 0.1) is 0 Å². The molecule has 1 amide bonds. The van der Waals surface area contributed by atoms with Crippen molar-refractivity contribution in [3.05, 3.63) is 89.5 Å². The monoisotopic (exact) mass is 335 g/mol. The molecule has 126 valence electrons. The van der Waals surface area contributed by atoms with E-state index in [1.165, 1.54) is 12.1 Å². The van der Waals surface area contributed by atoms with Gasteiger partial charge in [-0.3, -0.25) is 9.78 Å². The van der Waals surface area contributed by atoms with Crippen LogP contribution in [0.5, 0.6) is 0 Å². The van der Waals surface area contributed by atoms with Crippen molar-refractivity contribution < 1.29 is 9.18 Å². The number of benzene rings is 2. The number of pyridine rings is 1. The molecule has 0 atom stereocenters. The molecule has 0 saturated heterocycles. The van der Waals surface area contributed by atoms with E-state index in [-0.39, 0.29) is 11.7 Å². The standard InChI is InChI=1S/C20H18FN3O/c1-14-5-2-3-6-15(14)13-23-20(25)19-12-18(9-10-22-19)24-17-8-4-7-16(21)11-17/h2-12H,13H2,1H3,(H,22,24)(H,23,25). The molecule has 3 rings (SSSR count). The molecule has 0 aliphatic heterocycles. The lowest BCUT2D eigenvalue weighted by molar-refractivity contribution is 0.0946. The summed E-state index contributed by atoms with van der Waals surface area (Å²) in [5, 5.41) is 5.93. The van der Waals surface area contributed by atoms with Crippen LogP contribution in [0.25, 0.3) is 0 Å². The van der Waals surface area contributed by atoms with Crippen molar-refractivity contribution in [1.29, 1.82) is 0 Å². The van der Waals surface area contributed by atoms with Crippen molar-refractivity contribution in [1.82, 2.24) is 10.3 Å². The topological polar surface area (TPSA) is 54.0 Å². The number of aromatic nitrogens is 1. The van der Waals surface area contributed by atoms with Crippen LogP contribution in [0.3, 0.4) is 0 Å². The van der Waals surface area contributed by atoms with Crippen molar-refractivity contribution in [3.8, 4) is 0 Å². The molecule has 0 bridgehead atoms. The fraction of sp³-hybridized carbons (Fsp3) is 0.100. The molecule has 25 heavy (non-hydrogen) atoms. The molecule has 2 aromatic carbocycles. The Morgan fingerprint density at radius 1 is 1.04 bits per heavy atom. The van der Waals surface area contributed by atoms with Crippen LogP contribution in [0.1, 0.15) is 21.6 Å². The van der Waals surface area contributed by atoms with Crippen LogP contribution in [-0.4, -0.2) is 10.9 Å². The van der Waals surface area contributed by atoms with E-state index >= 15 is 0 Å². The number of nitrogens with zero attached hydrogens (tertiary/aromatic N) is 1. The Labute approximate surface area is 145 Å². The van der Waals surface area contributed by atoms with Crippen LogP contribution in [0.2, 0.25) is 0 Å². The van der Waals surface area contributed by atoms with Gasteiger partial charge < -0.3 is 10.6 Å². The van der Waals surface area contributed by atoms with E-state index in [9.17, 15) is 9.18 Å². The molecule has 1 aromatic heterocycles. The smallest absolute Gasteiger partial charge is 0.270 e. The maximum absolute atomic E-state index is 13.3. The number of carbonyl (C=O) groups excluding carboxylic acids is 1. The first-order valence-corrected chi connectivity index (χ1v) is 7.93. The average molecular weight is 335 g/mol. The van der Waals surface area contributed by atoms with Crippen LogP contribution in [0.4, 0.5) is 15.8 Å². The van der Waals surface area contributed by atoms with Crippen molar-refractivity contribution in [3.63, 3.8) is 0 Å². The van der Waals surface area contributed by atoms with E-state index in [0.29, 0.717) is 23.6 Å². The van der Waals surface area contributed by atoms with Gasteiger partial charge in [0, 0.05) is 24.1 Å². The highest BCUT2D eigenvalue weighted by Crippen LogP contribution is 2.17. The van der Waals surface area contributed by atoms with Gasteiger partial charge in [0.2, 0.25) is 0 Å². The molecule has 0 unspecified atom stereocenters. The highest BCUT2D eigenvalue weighted by atomic mass is 19.1. The van der Waals surface area contributed by atoms with Crippen molar-refractivity contribution in [2.45, 2.75) is 13.5 Å². The molecule has 5 heteroatoms. The molecule has 0 spiro atoms. The Morgan fingerprint density at radius 3 is 2.64 bits per heavy atom. The molecular weight excluding hydrogens is 317 g/mol. The number of nitrogens with one attached hydrogen (secondary N) is 2. The average Bonchev–Trinajstić information content (AvgIpc) is 2.61. The van der Waals surface area contributed by atoms with Crippen LogP contribution in [0.15, 0.2) is 66.9 Å². The van der Waals surface area contributed by atoms with Crippen molar-refractivity contribution >= 4 is 17.3 Å². The lowest BCUT2D eigenvalue weighted by atomic mass is 10.1.